The van der Waals surface area contributed by atoms with Gasteiger partial charge in [0.2, 0.25) is 0 Å². The summed E-state index contributed by atoms with van der Waals surface area (Å²) in [5.74, 6) is 0. The van der Waals surface area contributed by atoms with Crippen molar-refractivity contribution in [3.05, 3.63) is 0 Å². The maximum atomic E-state index is 9.29. The fourth-order valence-corrected chi connectivity index (χ4v) is 0. The number of hydrogen-bond acceptors (Lipinski definition) is 4. The summed E-state index contributed by atoms with van der Waals surface area (Å²) in [5, 5.41) is 7.18. The van der Waals surface area contributed by atoms with E-state index >= 15 is 0 Å². The Morgan fingerprint density at radius 1 is 1.33 bits per heavy atom. The molecule has 0 radical (unpaired) electrons. The fourth-order valence-electron chi connectivity index (χ4n) is 0. The van der Waals surface area contributed by atoms with Crippen LogP contribution in [0.5, 0.6) is 0 Å². The van der Waals surface area contributed by atoms with Gasteiger partial charge in [-0.1, -0.05) is 4.33 Å². The molecule has 0 aliphatic rings. The molecule has 0 bridgehead atoms. The molecule has 0 aliphatic heterocycles. The van der Waals surface area contributed by atoms with Crippen LogP contribution in [0.1, 0.15) is 0 Å². The van der Waals surface area contributed by atoms with Crippen molar-refractivity contribution in [3.8, 4) is 0 Å². The smallest absolute Gasteiger partial charge is 1.00 e. The second-order valence-corrected chi connectivity index (χ2v) is 2.54. The molecule has 0 fully saturated rings. The van der Waals surface area contributed by atoms with Crippen LogP contribution >= 0.6 is 10.7 Å². The first kappa shape index (κ1) is 22.4. The Hall–Kier alpha value is 2.00. The first-order chi connectivity index (χ1) is 2.56. The Bertz CT molecular complexity index is 118. The second-order valence-electron chi connectivity index (χ2n) is 0.468. The third kappa shape index (κ3) is 25.6. The number of hydrogen-bond donors (Lipinski definition) is 1. The van der Waals surface area contributed by atoms with E-state index in [1.807, 2.05) is 0 Å². The van der Waals surface area contributed by atoms with E-state index in [-0.39, 0.29) is 62.6 Å². The fraction of sp³-hybridized carbons (Fsp3) is 0. The van der Waals surface area contributed by atoms with Crippen molar-refractivity contribution in [2.75, 3.05) is 0 Å². The topological polar surface area (TPSA) is 63.6 Å². The van der Waals surface area contributed by atoms with Crippen molar-refractivity contribution in [3.63, 3.8) is 0 Å². The minimum Gasteiger partial charge on any atom is -1.00 e. The van der Waals surface area contributed by atoms with Crippen LogP contribution in [0.3, 0.4) is 0 Å². The average Bonchev–Trinajstić information content (AvgIpc) is 1.35. The molecule has 0 rings (SSSR count). The molecule has 0 unspecified atom stereocenters. The zero-order chi connectivity index (χ0) is 5.21. The van der Waals surface area contributed by atoms with E-state index in [4.69, 9.17) is 5.26 Å². The van der Waals surface area contributed by atoms with Gasteiger partial charge in [0, 0.05) is 0 Å². The summed E-state index contributed by atoms with van der Waals surface area (Å²) >= 11 is 0. The van der Waals surface area contributed by atoms with Gasteiger partial charge in [0.1, 0.15) is 0 Å². The van der Waals surface area contributed by atoms with Gasteiger partial charge in [-0.05, 0) is 0 Å². The van der Waals surface area contributed by atoms with Crippen LogP contribution in [0.2, 0.25) is 0 Å². The zero-order valence-corrected chi connectivity index (χ0v) is 9.21. The molecule has 4 nitrogen and oxygen atoms in total. The number of rotatable bonds is 1. The Balaban J connectivity index is -0.0000000417. The minimum absolute atomic E-state index is 0. The van der Waals surface area contributed by atoms with Crippen molar-refractivity contribution < 1.29 is 42.8 Å². The van der Waals surface area contributed by atoms with E-state index in [2.05, 4.69) is 15.0 Å². The molecule has 0 amide bonds. The molecule has 0 aromatic rings. The molecule has 0 saturated heterocycles. The third-order valence-electron chi connectivity index (χ3n) is 0.0890. The summed E-state index contributed by atoms with van der Waals surface area (Å²) in [5.41, 5.74) is 0. The summed E-state index contributed by atoms with van der Waals surface area (Å²) < 4.78 is 21.3. The van der Waals surface area contributed by atoms with Gasteiger partial charge in [-0.2, -0.15) is 8.42 Å². The Morgan fingerprint density at radius 3 is 1.44 bits per heavy atom. The van der Waals surface area contributed by atoms with Gasteiger partial charge in [-0.15, -0.1) is 0 Å². The summed E-state index contributed by atoms with van der Waals surface area (Å²) in [6, 6.07) is 0. The molecule has 54 valence electrons. The Labute approximate surface area is 99.3 Å². The van der Waals surface area contributed by atoms with E-state index in [0.29, 0.717) is 0 Å². The maximum Gasteiger partial charge on any atom is 2.00 e. The van der Waals surface area contributed by atoms with Gasteiger partial charge >= 0.3 is 47.1 Å². The SMILES string of the molecule is O=S(=O)(Cl)OO.[Ca+2].[Cl-].[Cl-]. The summed E-state index contributed by atoms with van der Waals surface area (Å²) in [6.45, 7) is 0. The van der Waals surface area contributed by atoms with Crippen molar-refractivity contribution in [1.82, 2.24) is 0 Å². The second kappa shape index (κ2) is 10.00. The predicted octanol–water partition coefficient (Wildman–Crippen LogP) is -6.41. The van der Waals surface area contributed by atoms with Crippen LogP contribution in [0, 0.1) is 0 Å². The van der Waals surface area contributed by atoms with Crippen molar-refractivity contribution in [1.29, 1.82) is 0 Å². The van der Waals surface area contributed by atoms with E-state index in [9.17, 15) is 8.42 Å². The zero-order valence-electron chi connectivity index (χ0n) is 3.92. The normalized spacial score (nSPS) is 7.78. The molecule has 9 heavy (non-hydrogen) atoms. The minimum atomic E-state index is -4.13. The molecular weight excluding hydrogens is 242 g/mol. The summed E-state index contributed by atoms with van der Waals surface area (Å²) in [4.78, 5) is 0. The van der Waals surface area contributed by atoms with Gasteiger partial charge in [0.25, 0.3) is 0 Å². The third-order valence-corrected chi connectivity index (χ3v) is 0.436. The molecule has 0 saturated carbocycles. The molecule has 0 aliphatic carbocycles. The molecule has 0 spiro atoms. The number of halogens is 3. The van der Waals surface area contributed by atoms with Crippen molar-refractivity contribution in [2.45, 2.75) is 0 Å². The maximum absolute atomic E-state index is 9.29. The Morgan fingerprint density at radius 2 is 1.44 bits per heavy atom. The first-order valence-electron chi connectivity index (χ1n) is 0.837. The molecule has 0 aromatic heterocycles. The van der Waals surface area contributed by atoms with Crippen LogP contribution in [-0.2, 0) is 13.7 Å². The van der Waals surface area contributed by atoms with E-state index in [1.54, 1.807) is 0 Å². The van der Waals surface area contributed by atoms with E-state index < -0.39 is 9.33 Å². The van der Waals surface area contributed by atoms with Crippen molar-refractivity contribution >= 4 is 57.8 Å². The quantitative estimate of drug-likeness (QED) is 0.215. The van der Waals surface area contributed by atoms with Crippen LogP contribution < -0.4 is 24.8 Å². The molecule has 0 aromatic carbocycles. The van der Waals surface area contributed by atoms with Crippen LogP contribution in [0.25, 0.3) is 0 Å². The molecule has 1 N–H and O–H groups in total. The monoisotopic (exact) mass is 242 g/mol. The summed E-state index contributed by atoms with van der Waals surface area (Å²) in [7, 11) is 0.0833. The van der Waals surface area contributed by atoms with Crippen LogP contribution in [0.15, 0.2) is 0 Å². The average molecular weight is 244 g/mol. The van der Waals surface area contributed by atoms with Gasteiger partial charge in [-0.25, -0.2) is 5.26 Å². The van der Waals surface area contributed by atoms with Gasteiger partial charge in [0.15, 0.2) is 0 Å². The Kier molecular flexibility index (Phi) is 24.9. The van der Waals surface area contributed by atoms with Crippen LogP contribution in [0.4, 0.5) is 0 Å². The first-order valence-corrected chi connectivity index (χ1v) is 3.07. The van der Waals surface area contributed by atoms with Gasteiger partial charge < -0.3 is 24.8 Å². The van der Waals surface area contributed by atoms with Crippen LogP contribution in [-0.4, -0.2) is 51.4 Å². The molecular formula is HCaCl3O4S. The molecule has 0 heterocycles. The van der Waals surface area contributed by atoms with Gasteiger partial charge in [0.05, 0.1) is 10.7 Å². The van der Waals surface area contributed by atoms with E-state index in [0.717, 1.165) is 0 Å². The molecule has 0 atom stereocenters. The largest absolute Gasteiger partial charge is 2.00 e. The van der Waals surface area contributed by atoms with E-state index in [1.165, 1.54) is 0 Å². The van der Waals surface area contributed by atoms with Gasteiger partial charge in [-0.3, -0.25) is 0 Å². The predicted molar refractivity (Wildman–Crippen MR) is 24.2 cm³/mol. The summed E-state index contributed by atoms with van der Waals surface area (Å²) in [6.07, 6.45) is 0. The van der Waals surface area contributed by atoms with Crippen molar-refractivity contribution in [2.24, 2.45) is 0 Å². The molecule has 9 heteroatoms. The standard InChI is InChI=1S/Ca.ClHO4S.2ClH/c;1-6(3,4)5-2;;/h;2H;2*1H/q+2;;;/p-2.